The molecule has 2 aliphatic heterocycles. The summed E-state index contributed by atoms with van der Waals surface area (Å²) < 4.78 is 6.47. The van der Waals surface area contributed by atoms with Gasteiger partial charge in [0.15, 0.2) is 6.10 Å². The van der Waals surface area contributed by atoms with Crippen LogP contribution in [0.3, 0.4) is 0 Å². The van der Waals surface area contributed by atoms with Crippen LogP contribution in [0.25, 0.3) is 0 Å². The Balaban J connectivity index is 1.65. The van der Waals surface area contributed by atoms with Crippen LogP contribution >= 0.6 is 15.9 Å². The normalized spacial score (nSPS) is 22.4. The van der Waals surface area contributed by atoms with E-state index in [0.29, 0.717) is 11.4 Å². The quantitative estimate of drug-likeness (QED) is 0.488. The monoisotopic (exact) mass is 492 g/mol. The number of rotatable bonds is 4. The molecule has 32 heavy (non-hydrogen) atoms. The highest BCUT2D eigenvalue weighted by atomic mass is 79.9. The van der Waals surface area contributed by atoms with E-state index in [1.807, 2.05) is 73.7 Å². The number of halogens is 1. The molecule has 0 aromatic heterocycles. The van der Waals surface area contributed by atoms with E-state index in [1.54, 1.807) is 18.2 Å². The summed E-state index contributed by atoms with van der Waals surface area (Å²) in [5.74, 6) is -0.727. The van der Waals surface area contributed by atoms with Crippen LogP contribution in [-0.4, -0.2) is 25.0 Å². The van der Waals surface area contributed by atoms with Crippen molar-refractivity contribution in [1.82, 2.24) is 0 Å². The second-order valence-electron chi connectivity index (χ2n) is 7.84. The number of benzene rings is 3. The number of hydrogen-bond donors (Lipinski definition) is 0. The minimum atomic E-state index is -0.920. The lowest BCUT2D eigenvalue weighted by Gasteiger charge is -2.30. The first-order valence-corrected chi connectivity index (χ1v) is 11.1. The fourth-order valence-corrected chi connectivity index (χ4v) is 4.90. The number of para-hydroxylation sites is 2. The summed E-state index contributed by atoms with van der Waals surface area (Å²) in [4.78, 5) is 34.7. The van der Waals surface area contributed by atoms with Crippen LogP contribution in [0.1, 0.15) is 17.2 Å². The van der Waals surface area contributed by atoms with Crippen molar-refractivity contribution in [3.8, 4) is 5.75 Å². The van der Waals surface area contributed by atoms with E-state index in [-0.39, 0.29) is 11.8 Å². The molecule has 162 valence electrons. The molecule has 0 bridgehead atoms. The minimum Gasteiger partial charge on any atom is -0.496 e. The smallest absolute Gasteiger partial charge is 0.266 e. The van der Waals surface area contributed by atoms with Crippen LogP contribution in [0.4, 0.5) is 11.4 Å². The zero-order valence-electron chi connectivity index (χ0n) is 17.6. The van der Waals surface area contributed by atoms with E-state index < -0.39 is 18.1 Å². The van der Waals surface area contributed by atoms with E-state index in [2.05, 4.69) is 15.9 Å². The van der Waals surface area contributed by atoms with E-state index in [4.69, 9.17) is 9.57 Å². The first-order valence-electron chi connectivity index (χ1n) is 10.3. The molecule has 0 aliphatic carbocycles. The van der Waals surface area contributed by atoms with Gasteiger partial charge in [-0.25, -0.2) is 9.96 Å². The fraction of sp³-hybridized carbons (Fsp3) is 0.200. The molecule has 2 fully saturated rings. The maximum Gasteiger partial charge on any atom is 0.266 e. The number of imide groups is 1. The second kappa shape index (κ2) is 8.07. The van der Waals surface area contributed by atoms with Crippen molar-refractivity contribution >= 4 is 39.1 Å². The summed E-state index contributed by atoms with van der Waals surface area (Å²) in [6.45, 7) is 1.88. The van der Waals surface area contributed by atoms with Gasteiger partial charge < -0.3 is 4.74 Å². The number of methoxy groups -OCH3 is 1. The molecule has 2 saturated heterocycles. The van der Waals surface area contributed by atoms with Crippen LogP contribution in [0.15, 0.2) is 77.3 Å². The standard InChI is InChI=1S/C25H21BrN2O4/c1-15-8-6-7-11-19(15)27-24(29)21-22(18-14-16(26)12-13-20(18)31-2)28(32-23(21)25(27)30)17-9-4-3-5-10-17/h3-14,21-23H,1-2H3/t21-,22-,23+/m1/s1. The van der Waals surface area contributed by atoms with Crippen molar-refractivity contribution in [2.45, 2.75) is 19.1 Å². The molecule has 2 heterocycles. The summed E-state index contributed by atoms with van der Waals surface area (Å²) >= 11 is 3.53. The Kier molecular flexibility index (Phi) is 5.23. The zero-order valence-corrected chi connectivity index (χ0v) is 19.2. The molecule has 5 rings (SSSR count). The Morgan fingerprint density at radius 2 is 1.66 bits per heavy atom. The summed E-state index contributed by atoms with van der Waals surface area (Å²) in [6, 6.07) is 22.0. The molecule has 6 nitrogen and oxygen atoms in total. The van der Waals surface area contributed by atoms with Crippen molar-refractivity contribution in [1.29, 1.82) is 0 Å². The lowest BCUT2D eigenvalue weighted by Crippen LogP contribution is -2.37. The molecule has 0 unspecified atom stereocenters. The predicted octanol–water partition coefficient (Wildman–Crippen LogP) is 4.82. The number of nitrogens with zero attached hydrogens (tertiary/aromatic N) is 2. The third-order valence-corrected chi connectivity index (χ3v) is 6.49. The van der Waals surface area contributed by atoms with Crippen molar-refractivity contribution in [3.05, 3.63) is 88.4 Å². The third-order valence-electron chi connectivity index (χ3n) is 5.99. The largest absolute Gasteiger partial charge is 0.496 e. The minimum absolute atomic E-state index is 0.278. The molecule has 3 atom stereocenters. The number of amides is 2. The predicted molar refractivity (Wildman–Crippen MR) is 124 cm³/mol. The van der Waals surface area contributed by atoms with E-state index >= 15 is 0 Å². The molecular formula is C25H21BrN2O4. The Morgan fingerprint density at radius 1 is 0.938 bits per heavy atom. The molecule has 3 aromatic rings. The van der Waals surface area contributed by atoms with Crippen molar-refractivity contribution in [2.24, 2.45) is 5.92 Å². The maximum atomic E-state index is 13.7. The van der Waals surface area contributed by atoms with Gasteiger partial charge in [-0.05, 0) is 48.9 Å². The average Bonchev–Trinajstić information content (AvgIpc) is 3.31. The zero-order chi connectivity index (χ0) is 22.4. The van der Waals surface area contributed by atoms with Gasteiger partial charge in [0, 0.05) is 10.0 Å². The van der Waals surface area contributed by atoms with Gasteiger partial charge in [0.1, 0.15) is 11.7 Å². The summed E-state index contributed by atoms with van der Waals surface area (Å²) in [7, 11) is 1.59. The van der Waals surface area contributed by atoms with Gasteiger partial charge in [-0.2, -0.15) is 0 Å². The van der Waals surface area contributed by atoms with Crippen molar-refractivity contribution < 1.29 is 19.2 Å². The first kappa shape index (κ1) is 20.7. The number of carbonyl (C=O) groups is 2. The third kappa shape index (κ3) is 3.20. The van der Waals surface area contributed by atoms with Gasteiger partial charge in [0.25, 0.3) is 5.91 Å². The molecule has 7 heteroatoms. The van der Waals surface area contributed by atoms with Gasteiger partial charge in [-0.3, -0.25) is 14.4 Å². The van der Waals surface area contributed by atoms with Crippen LogP contribution < -0.4 is 14.7 Å². The van der Waals surface area contributed by atoms with E-state index in [0.717, 1.165) is 21.3 Å². The van der Waals surface area contributed by atoms with Gasteiger partial charge in [0.2, 0.25) is 5.91 Å². The number of hydroxylamine groups is 1. The van der Waals surface area contributed by atoms with Crippen LogP contribution in [0.5, 0.6) is 5.75 Å². The Bertz CT molecular complexity index is 1200. The Morgan fingerprint density at radius 3 is 2.38 bits per heavy atom. The highest BCUT2D eigenvalue weighted by Gasteiger charge is 2.60. The molecule has 0 spiro atoms. The first-order chi connectivity index (χ1) is 15.5. The summed E-state index contributed by atoms with van der Waals surface area (Å²) in [6.07, 6.45) is -0.920. The molecule has 0 saturated carbocycles. The lowest BCUT2D eigenvalue weighted by atomic mass is 9.90. The van der Waals surface area contributed by atoms with Gasteiger partial charge in [0.05, 0.1) is 24.5 Å². The summed E-state index contributed by atoms with van der Waals surface area (Å²) in [5, 5.41) is 1.67. The van der Waals surface area contributed by atoms with Crippen LogP contribution in [0, 0.1) is 12.8 Å². The number of carbonyl (C=O) groups excluding carboxylic acids is 2. The lowest BCUT2D eigenvalue weighted by molar-refractivity contribution is -0.126. The molecular weight excluding hydrogens is 472 g/mol. The van der Waals surface area contributed by atoms with E-state index in [1.165, 1.54) is 4.90 Å². The highest BCUT2D eigenvalue weighted by Crippen LogP contribution is 2.50. The van der Waals surface area contributed by atoms with E-state index in [9.17, 15) is 9.59 Å². The molecule has 0 N–H and O–H groups in total. The highest BCUT2D eigenvalue weighted by molar-refractivity contribution is 9.10. The fourth-order valence-electron chi connectivity index (χ4n) is 4.52. The Hall–Kier alpha value is -3.16. The van der Waals surface area contributed by atoms with Gasteiger partial charge in [-0.1, -0.05) is 52.3 Å². The molecule has 2 amide bonds. The van der Waals surface area contributed by atoms with Crippen molar-refractivity contribution in [3.63, 3.8) is 0 Å². The van der Waals surface area contributed by atoms with Gasteiger partial charge in [-0.15, -0.1) is 0 Å². The average molecular weight is 493 g/mol. The SMILES string of the molecule is COc1ccc(Br)cc1[C@@H]1[C@H]2C(=O)N(c3ccccc3C)C(=O)[C@H]2ON1c1ccccc1. The number of fused-ring (bicyclic) bond motifs is 1. The van der Waals surface area contributed by atoms with Crippen LogP contribution in [0.2, 0.25) is 0 Å². The number of ether oxygens (including phenoxy) is 1. The summed E-state index contributed by atoms with van der Waals surface area (Å²) in [5.41, 5.74) is 2.97. The number of hydrogen-bond acceptors (Lipinski definition) is 5. The molecule has 0 radical (unpaired) electrons. The number of aryl methyl sites for hydroxylation is 1. The molecule has 2 aliphatic rings. The Labute approximate surface area is 194 Å². The topological polar surface area (TPSA) is 59.1 Å². The van der Waals surface area contributed by atoms with Crippen LogP contribution in [-0.2, 0) is 14.4 Å². The van der Waals surface area contributed by atoms with Crippen molar-refractivity contribution in [2.75, 3.05) is 17.1 Å². The number of anilines is 2. The van der Waals surface area contributed by atoms with Gasteiger partial charge >= 0.3 is 0 Å². The maximum absolute atomic E-state index is 13.7. The molecule has 3 aromatic carbocycles. The second-order valence-corrected chi connectivity index (χ2v) is 8.76.